The maximum absolute atomic E-state index is 13.0. The number of ether oxygens (including phenoxy) is 1. The molecule has 7 heteroatoms. The van der Waals surface area contributed by atoms with Gasteiger partial charge in [0.15, 0.2) is 6.10 Å². The van der Waals surface area contributed by atoms with E-state index in [1.165, 1.54) is 38.1 Å². The van der Waals surface area contributed by atoms with Crippen LogP contribution >= 0.6 is 0 Å². The summed E-state index contributed by atoms with van der Waals surface area (Å²) in [6.07, 6.45) is -1.00. The number of amides is 2. The van der Waals surface area contributed by atoms with Crippen LogP contribution in [0, 0.1) is 5.82 Å². The number of esters is 1. The fraction of sp³-hybridized carbons (Fsp3) is 0.250. The summed E-state index contributed by atoms with van der Waals surface area (Å²) in [5.41, 5.74) is 1.55. The second kappa shape index (κ2) is 8.93. The first-order valence-corrected chi connectivity index (χ1v) is 8.40. The molecule has 142 valence electrons. The first kappa shape index (κ1) is 20.1. The van der Waals surface area contributed by atoms with E-state index in [1.54, 1.807) is 31.2 Å². The number of anilines is 1. The molecule has 0 fully saturated rings. The largest absolute Gasteiger partial charge is 0.449 e. The van der Waals surface area contributed by atoms with Gasteiger partial charge in [-0.15, -0.1) is 0 Å². The van der Waals surface area contributed by atoms with Crippen molar-refractivity contribution in [1.29, 1.82) is 0 Å². The minimum atomic E-state index is -1.00. The van der Waals surface area contributed by atoms with Crippen molar-refractivity contribution in [3.63, 3.8) is 0 Å². The van der Waals surface area contributed by atoms with Crippen molar-refractivity contribution >= 4 is 23.5 Å². The highest BCUT2D eigenvalue weighted by molar-refractivity contribution is 5.93. The van der Waals surface area contributed by atoms with Crippen LogP contribution in [0.5, 0.6) is 0 Å². The second-order valence-corrected chi connectivity index (χ2v) is 6.09. The SMILES string of the molecule is CC(=O)Nc1ccc(C(=O)O[C@@H](C)C(=O)N[C@H](C)c2ccc(F)cc2)cc1. The second-order valence-electron chi connectivity index (χ2n) is 6.09. The fourth-order valence-corrected chi connectivity index (χ4v) is 2.34. The zero-order valence-corrected chi connectivity index (χ0v) is 15.3. The maximum atomic E-state index is 13.0. The molecule has 0 saturated heterocycles. The Morgan fingerprint density at radius 3 is 2.11 bits per heavy atom. The van der Waals surface area contributed by atoms with Crippen LogP contribution in [0.4, 0.5) is 10.1 Å². The number of nitrogens with one attached hydrogen (secondary N) is 2. The molecule has 2 N–H and O–H groups in total. The van der Waals surface area contributed by atoms with Crippen LogP contribution in [0.25, 0.3) is 0 Å². The summed E-state index contributed by atoms with van der Waals surface area (Å²) in [6, 6.07) is 11.5. The number of hydrogen-bond donors (Lipinski definition) is 2. The van der Waals surface area contributed by atoms with Crippen LogP contribution in [0.1, 0.15) is 42.7 Å². The summed E-state index contributed by atoms with van der Waals surface area (Å²) in [5.74, 6) is -1.69. The van der Waals surface area contributed by atoms with Gasteiger partial charge >= 0.3 is 5.97 Å². The lowest BCUT2D eigenvalue weighted by atomic mass is 10.1. The first-order chi connectivity index (χ1) is 12.8. The molecule has 0 aliphatic carbocycles. The number of carbonyl (C=O) groups is 3. The van der Waals surface area contributed by atoms with Crippen molar-refractivity contribution in [2.24, 2.45) is 0 Å². The molecule has 0 saturated carbocycles. The minimum absolute atomic E-state index is 0.217. The fourth-order valence-electron chi connectivity index (χ4n) is 2.34. The normalized spacial score (nSPS) is 12.6. The monoisotopic (exact) mass is 372 g/mol. The molecule has 2 aromatic carbocycles. The van der Waals surface area contributed by atoms with Crippen molar-refractivity contribution in [3.8, 4) is 0 Å². The molecule has 0 bridgehead atoms. The van der Waals surface area contributed by atoms with Crippen LogP contribution in [0.3, 0.4) is 0 Å². The Labute approximate surface area is 156 Å². The third-order valence-corrected chi connectivity index (χ3v) is 3.82. The number of halogens is 1. The molecule has 2 rings (SSSR count). The number of benzene rings is 2. The van der Waals surface area contributed by atoms with Crippen molar-refractivity contribution in [3.05, 3.63) is 65.5 Å². The molecule has 2 amide bonds. The lowest BCUT2D eigenvalue weighted by Gasteiger charge is -2.18. The molecule has 0 spiro atoms. The summed E-state index contributed by atoms with van der Waals surface area (Å²) in [7, 11) is 0. The van der Waals surface area contributed by atoms with Gasteiger partial charge in [-0.3, -0.25) is 9.59 Å². The van der Waals surface area contributed by atoms with E-state index in [0.717, 1.165) is 5.56 Å². The van der Waals surface area contributed by atoms with Crippen molar-refractivity contribution in [2.45, 2.75) is 32.9 Å². The average molecular weight is 372 g/mol. The van der Waals surface area contributed by atoms with Gasteiger partial charge in [0.05, 0.1) is 11.6 Å². The molecule has 0 heterocycles. The quantitative estimate of drug-likeness (QED) is 0.763. The van der Waals surface area contributed by atoms with Gasteiger partial charge in [0.25, 0.3) is 5.91 Å². The molecule has 0 radical (unpaired) electrons. The van der Waals surface area contributed by atoms with Gasteiger partial charge in [-0.25, -0.2) is 9.18 Å². The van der Waals surface area contributed by atoms with E-state index in [-0.39, 0.29) is 23.3 Å². The molecule has 2 atom stereocenters. The van der Waals surface area contributed by atoms with E-state index < -0.39 is 18.0 Å². The molecule has 6 nitrogen and oxygen atoms in total. The standard InChI is InChI=1S/C20H21FN2O4/c1-12(15-4-8-17(21)9-5-15)22-19(25)13(2)27-20(26)16-6-10-18(11-7-16)23-14(3)24/h4-13H,1-3H3,(H,22,25)(H,23,24)/t12-,13+/m1/s1. The molecule has 0 aromatic heterocycles. The molecule has 0 aliphatic heterocycles. The van der Waals surface area contributed by atoms with Gasteiger partial charge in [0.2, 0.25) is 5.91 Å². The van der Waals surface area contributed by atoms with E-state index >= 15 is 0 Å². The van der Waals surface area contributed by atoms with E-state index in [2.05, 4.69) is 10.6 Å². The van der Waals surface area contributed by atoms with Gasteiger partial charge in [-0.1, -0.05) is 12.1 Å². The molecular weight excluding hydrogens is 351 g/mol. The Bertz CT molecular complexity index is 819. The van der Waals surface area contributed by atoms with Crippen molar-refractivity contribution < 1.29 is 23.5 Å². The zero-order valence-electron chi connectivity index (χ0n) is 15.3. The van der Waals surface area contributed by atoms with E-state index in [4.69, 9.17) is 4.74 Å². The minimum Gasteiger partial charge on any atom is -0.449 e. The van der Waals surface area contributed by atoms with Crippen LogP contribution in [0.2, 0.25) is 0 Å². The lowest BCUT2D eigenvalue weighted by Crippen LogP contribution is -2.37. The van der Waals surface area contributed by atoms with Crippen LogP contribution in [-0.4, -0.2) is 23.9 Å². The van der Waals surface area contributed by atoms with Crippen molar-refractivity contribution in [2.75, 3.05) is 5.32 Å². The highest BCUT2D eigenvalue weighted by Gasteiger charge is 2.21. The highest BCUT2D eigenvalue weighted by Crippen LogP contribution is 2.14. The third kappa shape index (κ3) is 5.91. The molecule has 27 heavy (non-hydrogen) atoms. The van der Waals surface area contributed by atoms with E-state index in [0.29, 0.717) is 5.69 Å². The zero-order chi connectivity index (χ0) is 20.0. The van der Waals surface area contributed by atoms with Gasteiger partial charge < -0.3 is 15.4 Å². The Morgan fingerprint density at radius 2 is 1.56 bits per heavy atom. The van der Waals surface area contributed by atoms with Gasteiger partial charge in [0, 0.05) is 12.6 Å². The van der Waals surface area contributed by atoms with Crippen LogP contribution in [-0.2, 0) is 14.3 Å². The highest BCUT2D eigenvalue weighted by atomic mass is 19.1. The average Bonchev–Trinajstić information content (AvgIpc) is 2.62. The summed E-state index contributed by atoms with van der Waals surface area (Å²) in [4.78, 5) is 35.4. The Kier molecular flexibility index (Phi) is 6.65. The van der Waals surface area contributed by atoms with Gasteiger partial charge in [-0.05, 0) is 55.8 Å². The third-order valence-electron chi connectivity index (χ3n) is 3.82. The topological polar surface area (TPSA) is 84.5 Å². The van der Waals surface area contributed by atoms with Gasteiger partial charge in [-0.2, -0.15) is 0 Å². The van der Waals surface area contributed by atoms with Crippen molar-refractivity contribution in [1.82, 2.24) is 5.32 Å². The molecule has 0 aliphatic rings. The van der Waals surface area contributed by atoms with Crippen LogP contribution in [0.15, 0.2) is 48.5 Å². The number of hydrogen-bond acceptors (Lipinski definition) is 4. The smallest absolute Gasteiger partial charge is 0.338 e. The lowest BCUT2D eigenvalue weighted by molar-refractivity contribution is -0.129. The number of carbonyl (C=O) groups excluding carboxylic acids is 3. The summed E-state index contributed by atoms with van der Waals surface area (Å²) >= 11 is 0. The summed E-state index contributed by atoms with van der Waals surface area (Å²) in [5, 5.41) is 5.31. The predicted molar refractivity (Wildman–Crippen MR) is 98.6 cm³/mol. The van der Waals surface area contributed by atoms with E-state index in [1.807, 2.05) is 0 Å². The predicted octanol–water partition coefficient (Wildman–Crippen LogP) is 3.21. The summed E-state index contributed by atoms with van der Waals surface area (Å²) < 4.78 is 18.1. The first-order valence-electron chi connectivity index (χ1n) is 8.40. The number of rotatable bonds is 6. The Hall–Kier alpha value is -3.22. The Morgan fingerprint density at radius 1 is 0.963 bits per heavy atom. The molecule has 2 aromatic rings. The maximum Gasteiger partial charge on any atom is 0.338 e. The van der Waals surface area contributed by atoms with Crippen LogP contribution < -0.4 is 10.6 Å². The summed E-state index contributed by atoms with van der Waals surface area (Å²) in [6.45, 7) is 4.60. The molecule has 0 unspecified atom stereocenters. The Balaban J connectivity index is 1.91. The molecular formula is C20H21FN2O4. The van der Waals surface area contributed by atoms with Gasteiger partial charge in [0.1, 0.15) is 5.82 Å². The van der Waals surface area contributed by atoms with E-state index in [9.17, 15) is 18.8 Å².